The summed E-state index contributed by atoms with van der Waals surface area (Å²) in [5, 5.41) is 3.66. The summed E-state index contributed by atoms with van der Waals surface area (Å²) in [7, 11) is 0. The van der Waals surface area contributed by atoms with Gasteiger partial charge in [-0.1, -0.05) is 11.6 Å². The zero-order chi connectivity index (χ0) is 18.7. The lowest BCUT2D eigenvalue weighted by molar-refractivity contribution is -0.152. The van der Waals surface area contributed by atoms with Gasteiger partial charge in [0, 0.05) is 23.8 Å². The van der Waals surface area contributed by atoms with Crippen molar-refractivity contribution < 1.29 is 14.3 Å². The highest BCUT2D eigenvalue weighted by Gasteiger charge is 2.73. The van der Waals surface area contributed by atoms with Crippen molar-refractivity contribution in [3.8, 4) is 0 Å². The Hall–Kier alpha value is -1.95. The van der Waals surface area contributed by atoms with Crippen LogP contribution in [0.1, 0.15) is 40.0 Å². The fraction of sp³-hybridized carbons (Fsp3) is 0.579. The lowest BCUT2D eigenvalue weighted by atomic mass is 9.43. The number of nitrogens with zero attached hydrogens (tertiary/aromatic N) is 2. The molecule has 0 aromatic heterocycles. The van der Waals surface area contributed by atoms with Crippen LogP contribution in [0.15, 0.2) is 24.3 Å². The van der Waals surface area contributed by atoms with Gasteiger partial charge >= 0.3 is 12.1 Å². The number of alkyl carbamates (subject to hydrolysis) is 1. The highest BCUT2D eigenvalue weighted by atomic mass is 35.5. The topological polar surface area (TPSA) is 61.9 Å². The number of carbonyl (C=O) groups is 2. The molecule has 0 spiro atoms. The second kappa shape index (κ2) is 5.52. The van der Waals surface area contributed by atoms with E-state index in [-0.39, 0.29) is 23.2 Å². The maximum Gasteiger partial charge on any atom is 0.408 e. The molecule has 26 heavy (non-hydrogen) atoms. The van der Waals surface area contributed by atoms with Crippen LogP contribution in [-0.2, 0) is 4.74 Å². The molecule has 1 saturated heterocycles. The van der Waals surface area contributed by atoms with Crippen LogP contribution < -0.4 is 10.2 Å². The fourth-order valence-corrected chi connectivity index (χ4v) is 4.64. The van der Waals surface area contributed by atoms with Gasteiger partial charge < -0.3 is 15.0 Å². The molecule has 5 rings (SSSR count). The number of nitrogens with one attached hydrogen (secondary N) is 1. The number of benzene rings is 1. The minimum atomic E-state index is -0.505. The van der Waals surface area contributed by atoms with E-state index >= 15 is 0 Å². The highest BCUT2D eigenvalue weighted by Crippen LogP contribution is 2.64. The largest absolute Gasteiger partial charge is 0.444 e. The third kappa shape index (κ3) is 2.80. The molecule has 1 aromatic carbocycles. The quantitative estimate of drug-likeness (QED) is 0.871. The van der Waals surface area contributed by atoms with Gasteiger partial charge in [-0.3, -0.25) is 4.90 Å². The Kier molecular flexibility index (Phi) is 3.71. The van der Waals surface area contributed by atoms with E-state index in [0.717, 1.165) is 24.9 Å². The minimum absolute atomic E-state index is 0.0397. The summed E-state index contributed by atoms with van der Waals surface area (Å²) >= 11 is 5.93. The van der Waals surface area contributed by atoms with E-state index in [1.54, 1.807) is 17.0 Å². The van der Waals surface area contributed by atoms with Crippen molar-refractivity contribution in [1.82, 2.24) is 10.2 Å². The number of anilines is 1. The summed E-state index contributed by atoms with van der Waals surface area (Å²) in [4.78, 5) is 28.7. The molecular weight excluding hydrogens is 354 g/mol. The second-order valence-corrected chi connectivity index (χ2v) is 9.16. The summed E-state index contributed by atoms with van der Waals surface area (Å²) < 4.78 is 5.35. The van der Waals surface area contributed by atoms with E-state index in [2.05, 4.69) is 5.32 Å². The van der Waals surface area contributed by atoms with E-state index < -0.39 is 5.60 Å². The SMILES string of the molecule is CC(C)(C)OC(=O)NC12CC(N3CCN(c4ccc(Cl)cc4)C3=O)(C1)C2. The van der Waals surface area contributed by atoms with Crippen molar-refractivity contribution in [2.45, 2.75) is 56.7 Å². The molecule has 0 unspecified atom stereocenters. The molecular formula is C19H24ClN3O3. The van der Waals surface area contributed by atoms with E-state index in [1.165, 1.54) is 0 Å². The van der Waals surface area contributed by atoms with Gasteiger partial charge in [0.2, 0.25) is 0 Å². The molecule has 3 aliphatic carbocycles. The lowest BCUT2D eigenvalue weighted by Crippen LogP contribution is -2.84. The first-order chi connectivity index (χ1) is 12.1. The van der Waals surface area contributed by atoms with Crippen molar-refractivity contribution in [3.63, 3.8) is 0 Å². The molecule has 6 nitrogen and oxygen atoms in total. The van der Waals surface area contributed by atoms with Crippen LogP contribution in [-0.4, -0.2) is 46.8 Å². The molecule has 7 heteroatoms. The van der Waals surface area contributed by atoms with Gasteiger partial charge in [0.25, 0.3) is 0 Å². The molecule has 1 N–H and O–H groups in total. The molecule has 1 heterocycles. The number of halogens is 1. The number of urea groups is 1. The van der Waals surface area contributed by atoms with Crippen molar-refractivity contribution in [2.24, 2.45) is 0 Å². The van der Waals surface area contributed by atoms with Gasteiger partial charge in [-0.25, -0.2) is 9.59 Å². The Bertz CT molecular complexity index is 737. The molecule has 4 aliphatic rings. The third-order valence-electron chi connectivity index (χ3n) is 5.49. The van der Waals surface area contributed by atoms with Crippen LogP contribution in [0, 0.1) is 0 Å². The Balaban J connectivity index is 1.36. The zero-order valence-electron chi connectivity index (χ0n) is 15.3. The van der Waals surface area contributed by atoms with Gasteiger partial charge in [-0.05, 0) is 64.3 Å². The van der Waals surface area contributed by atoms with Crippen molar-refractivity contribution in [3.05, 3.63) is 29.3 Å². The van der Waals surface area contributed by atoms with Crippen molar-refractivity contribution >= 4 is 29.4 Å². The van der Waals surface area contributed by atoms with Crippen molar-refractivity contribution in [1.29, 1.82) is 0 Å². The minimum Gasteiger partial charge on any atom is -0.444 e. The first-order valence-electron chi connectivity index (χ1n) is 8.98. The van der Waals surface area contributed by atoms with Gasteiger partial charge in [0.1, 0.15) is 5.60 Å². The Labute approximate surface area is 158 Å². The standard InChI is InChI=1S/C19H24ClN3O3/c1-17(2,3)26-15(24)21-18-10-19(11-18,12-18)23-9-8-22(16(23)25)14-6-4-13(20)5-7-14/h4-7H,8-12H2,1-3H3,(H,21,24). The number of amides is 3. The average Bonchev–Trinajstić information content (AvgIpc) is 2.82. The Morgan fingerprint density at radius 1 is 1.15 bits per heavy atom. The second-order valence-electron chi connectivity index (χ2n) is 8.72. The summed E-state index contributed by atoms with van der Waals surface area (Å²) in [6, 6.07) is 7.38. The van der Waals surface area contributed by atoms with E-state index in [0.29, 0.717) is 18.1 Å². The molecule has 0 atom stereocenters. The number of ether oxygens (including phenoxy) is 1. The summed E-state index contributed by atoms with van der Waals surface area (Å²) in [6.45, 7) is 6.94. The van der Waals surface area contributed by atoms with Gasteiger partial charge in [-0.15, -0.1) is 0 Å². The monoisotopic (exact) mass is 377 g/mol. The molecule has 1 aliphatic heterocycles. The predicted octanol–water partition coefficient (Wildman–Crippen LogP) is 3.78. The number of rotatable bonds is 3. The molecule has 3 amide bonds. The molecule has 2 bridgehead atoms. The van der Waals surface area contributed by atoms with E-state index in [9.17, 15) is 9.59 Å². The van der Waals surface area contributed by atoms with E-state index in [1.807, 2.05) is 37.8 Å². The van der Waals surface area contributed by atoms with Crippen LogP contribution >= 0.6 is 11.6 Å². The normalized spacial score (nSPS) is 29.9. The number of hydrogen-bond acceptors (Lipinski definition) is 3. The van der Waals surface area contributed by atoms with Crippen LogP contribution in [0.5, 0.6) is 0 Å². The van der Waals surface area contributed by atoms with Crippen LogP contribution in [0.25, 0.3) is 0 Å². The summed E-state index contributed by atoms with van der Waals surface area (Å²) in [6.07, 6.45) is 2.04. The van der Waals surface area contributed by atoms with E-state index in [4.69, 9.17) is 16.3 Å². The highest BCUT2D eigenvalue weighted by molar-refractivity contribution is 6.30. The first kappa shape index (κ1) is 17.5. The molecule has 140 valence electrons. The molecule has 1 aromatic rings. The van der Waals surface area contributed by atoms with Crippen LogP contribution in [0.3, 0.4) is 0 Å². The van der Waals surface area contributed by atoms with Crippen LogP contribution in [0.4, 0.5) is 15.3 Å². The maximum absolute atomic E-state index is 12.9. The molecule has 4 fully saturated rings. The summed E-state index contributed by atoms with van der Waals surface area (Å²) in [5.74, 6) is 0. The fourth-order valence-electron chi connectivity index (χ4n) is 4.51. The zero-order valence-corrected chi connectivity index (χ0v) is 16.1. The first-order valence-corrected chi connectivity index (χ1v) is 9.35. The van der Waals surface area contributed by atoms with Crippen molar-refractivity contribution in [2.75, 3.05) is 18.0 Å². The molecule has 0 radical (unpaired) electrons. The Morgan fingerprint density at radius 2 is 1.77 bits per heavy atom. The number of hydrogen-bond donors (Lipinski definition) is 1. The Morgan fingerprint density at radius 3 is 2.35 bits per heavy atom. The smallest absolute Gasteiger partial charge is 0.408 e. The van der Waals surface area contributed by atoms with Gasteiger partial charge in [0.15, 0.2) is 0 Å². The number of carbonyl (C=O) groups excluding carboxylic acids is 2. The summed E-state index contributed by atoms with van der Waals surface area (Å²) in [5.41, 5.74) is 0.0638. The lowest BCUT2D eigenvalue weighted by Gasteiger charge is -2.72. The van der Waals surface area contributed by atoms with Gasteiger partial charge in [-0.2, -0.15) is 0 Å². The third-order valence-corrected chi connectivity index (χ3v) is 5.74. The maximum atomic E-state index is 12.9. The average molecular weight is 378 g/mol. The predicted molar refractivity (Wildman–Crippen MR) is 99.6 cm³/mol. The molecule has 3 saturated carbocycles. The van der Waals surface area contributed by atoms with Gasteiger partial charge in [0.05, 0.1) is 11.1 Å². The van der Waals surface area contributed by atoms with Crippen LogP contribution in [0.2, 0.25) is 5.02 Å².